The summed E-state index contributed by atoms with van der Waals surface area (Å²) in [6.45, 7) is 4.84. The highest BCUT2D eigenvalue weighted by molar-refractivity contribution is 7.10. The zero-order valence-corrected chi connectivity index (χ0v) is 11.3. The second-order valence-electron chi connectivity index (χ2n) is 4.05. The van der Waals surface area contributed by atoms with E-state index < -0.39 is 0 Å². The van der Waals surface area contributed by atoms with E-state index in [2.05, 4.69) is 10.6 Å². The van der Waals surface area contributed by atoms with E-state index in [4.69, 9.17) is 4.42 Å². The molecule has 18 heavy (non-hydrogen) atoms. The van der Waals surface area contributed by atoms with Gasteiger partial charge in [0.05, 0.1) is 12.2 Å². The molecular weight excluding hydrogens is 248 g/mol. The van der Waals surface area contributed by atoms with Gasteiger partial charge in [0.1, 0.15) is 11.5 Å². The summed E-state index contributed by atoms with van der Waals surface area (Å²) in [6.07, 6.45) is 0. The minimum Gasteiger partial charge on any atom is -0.465 e. The van der Waals surface area contributed by atoms with Gasteiger partial charge < -0.3 is 15.1 Å². The maximum absolute atomic E-state index is 11.0. The van der Waals surface area contributed by atoms with Gasteiger partial charge in [0.2, 0.25) is 5.91 Å². The molecule has 0 saturated heterocycles. The van der Waals surface area contributed by atoms with Crippen LogP contribution in [0.3, 0.4) is 0 Å². The smallest absolute Gasteiger partial charge is 0.221 e. The lowest BCUT2D eigenvalue weighted by Crippen LogP contribution is -2.13. The molecule has 2 rings (SSSR count). The molecule has 0 aliphatic carbocycles. The van der Waals surface area contributed by atoms with Gasteiger partial charge in [0.25, 0.3) is 0 Å². The van der Waals surface area contributed by atoms with Crippen LogP contribution in [0, 0.1) is 6.92 Å². The third kappa shape index (κ3) is 3.45. The lowest BCUT2D eigenvalue weighted by molar-refractivity contribution is -0.114. The van der Waals surface area contributed by atoms with Crippen molar-refractivity contribution < 1.29 is 9.21 Å². The van der Waals surface area contributed by atoms with E-state index in [1.54, 1.807) is 11.3 Å². The highest BCUT2D eigenvalue weighted by Crippen LogP contribution is 2.22. The molecule has 0 aromatic carbocycles. The van der Waals surface area contributed by atoms with Crippen molar-refractivity contribution in [2.45, 2.75) is 26.9 Å². The summed E-state index contributed by atoms with van der Waals surface area (Å²) in [5, 5.41) is 8.08. The van der Waals surface area contributed by atoms with Crippen LogP contribution in [0.4, 0.5) is 5.69 Å². The Morgan fingerprint density at radius 2 is 2.17 bits per heavy atom. The van der Waals surface area contributed by atoms with Gasteiger partial charge in [-0.25, -0.2) is 0 Å². The Hall–Kier alpha value is -1.59. The molecule has 96 valence electrons. The zero-order valence-electron chi connectivity index (χ0n) is 10.4. The van der Waals surface area contributed by atoms with Crippen LogP contribution < -0.4 is 10.6 Å². The number of rotatable bonds is 5. The van der Waals surface area contributed by atoms with E-state index in [0.717, 1.165) is 22.1 Å². The molecule has 0 aliphatic rings. The maximum Gasteiger partial charge on any atom is 0.221 e. The van der Waals surface area contributed by atoms with Crippen LogP contribution >= 0.6 is 11.3 Å². The van der Waals surface area contributed by atoms with Gasteiger partial charge in [-0.3, -0.25) is 4.79 Å². The summed E-state index contributed by atoms with van der Waals surface area (Å²) in [6, 6.07) is 5.83. The molecule has 0 unspecified atom stereocenters. The first kappa shape index (κ1) is 12.9. The molecule has 1 amide bonds. The average Bonchev–Trinajstić information content (AvgIpc) is 2.88. The van der Waals surface area contributed by atoms with Gasteiger partial charge in [0, 0.05) is 18.3 Å². The number of carbonyl (C=O) groups excluding carboxylic acids is 1. The minimum absolute atomic E-state index is 0.0451. The SMILES string of the molecule is CC(=O)Nc1ccsc1CNCc1ccc(C)o1. The van der Waals surface area contributed by atoms with Crippen LogP contribution in [-0.2, 0) is 17.9 Å². The summed E-state index contributed by atoms with van der Waals surface area (Å²) < 4.78 is 5.47. The number of anilines is 1. The normalized spacial score (nSPS) is 10.6. The van der Waals surface area contributed by atoms with E-state index in [9.17, 15) is 4.79 Å². The molecule has 4 nitrogen and oxygen atoms in total. The standard InChI is InChI=1S/C13H16N2O2S/c1-9-3-4-11(17-9)7-14-8-13-12(5-6-18-13)15-10(2)16/h3-6,14H,7-8H2,1-2H3,(H,15,16). The number of hydrogen-bond donors (Lipinski definition) is 2. The maximum atomic E-state index is 11.0. The Kier molecular flexibility index (Phi) is 4.17. The molecule has 2 N–H and O–H groups in total. The van der Waals surface area contributed by atoms with E-state index in [1.807, 2.05) is 30.5 Å². The second kappa shape index (κ2) is 5.84. The van der Waals surface area contributed by atoms with E-state index in [1.165, 1.54) is 6.92 Å². The number of hydrogen-bond acceptors (Lipinski definition) is 4. The Morgan fingerprint density at radius 1 is 1.33 bits per heavy atom. The molecule has 0 aliphatic heterocycles. The van der Waals surface area contributed by atoms with E-state index >= 15 is 0 Å². The van der Waals surface area contributed by atoms with E-state index in [0.29, 0.717) is 13.1 Å². The van der Waals surface area contributed by atoms with Crippen molar-refractivity contribution in [1.82, 2.24) is 5.32 Å². The fourth-order valence-electron chi connectivity index (χ4n) is 1.66. The predicted molar refractivity (Wildman–Crippen MR) is 72.6 cm³/mol. The highest BCUT2D eigenvalue weighted by atomic mass is 32.1. The fourth-order valence-corrected chi connectivity index (χ4v) is 2.46. The van der Waals surface area contributed by atoms with E-state index in [-0.39, 0.29) is 5.91 Å². The Morgan fingerprint density at radius 3 is 2.83 bits per heavy atom. The number of aryl methyl sites for hydroxylation is 1. The lowest BCUT2D eigenvalue weighted by Gasteiger charge is -2.05. The van der Waals surface area contributed by atoms with Gasteiger partial charge in [-0.2, -0.15) is 0 Å². The monoisotopic (exact) mass is 264 g/mol. The minimum atomic E-state index is -0.0451. The summed E-state index contributed by atoms with van der Waals surface area (Å²) >= 11 is 1.62. The molecule has 0 bridgehead atoms. The van der Waals surface area contributed by atoms with Gasteiger partial charge in [-0.15, -0.1) is 11.3 Å². The molecule has 2 aromatic heterocycles. The van der Waals surface area contributed by atoms with Crippen LogP contribution in [0.5, 0.6) is 0 Å². The highest BCUT2D eigenvalue weighted by Gasteiger charge is 2.05. The fraction of sp³-hybridized carbons (Fsp3) is 0.308. The van der Waals surface area contributed by atoms with Gasteiger partial charge in [-0.05, 0) is 30.5 Å². The summed E-state index contributed by atoms with van der Waals surface area (Å²) in [7, 11) is 0. The van der Waals surface area contributed by atoms with Crippen molar-refractivity contribution in [2.24, 2.45) is 0 Å². The molecule has 0 fully saturated rings. The molecular formula is C13H16N2O2S. The van der Waals surface area contributed by atoms with Crippen molar-refractivity contribution >= 4 is 22.9 Å². The van der Waals surface area contributed by atoms with Crippen LogP contribution in [-0.4, -0.2) is 5.91 Å². The molecule has 0 radical (unpaired) electrons. The lowest BCUT2D eigenvalue weighted by atomic mass is 10.3. The number of thiophene rings is 1. The Balaban J connectivity index is 1.86. The van der Waals surface area contributed by atoms with Gasteiger partial charge in [0.15, 0.2) is 0 Å². The average molecular weight is 264 g/mol. The first-order valence-corrected chi connectivity index (χ1v) is 6.63. The largest absolute Gasteiger partial charge is 0.465 e. The topological polar surface area (TPSA) is 54.3 Å². The first-order valence-electron chi connectivity index (χ1n) is 5.75. The van der Waals surface area contributed by atoms with Crippen molar-refractivity contribution in [1.29, 1.82) is 0 Å². The second-order valence-corrected chi connectivity index (χ2v) is 5.06. The molecule has 5 heteroatoms. The third-order valence-electron chi connectivity index (χ3n) is 2.44. The number of furan rings is 1. The Labute approximate surface area is 110 Å². The first-order chi connectivity index (χ1) is 8.65. The molecule has 0 saturated carbocycles. The Bertz CT molecular complexity index is 531. The van der Waals surface area contributed by atoms with Gasteiger partial charge >= 0.3 is 0 Å². The summed E-state index contributed by atoms with van der Waals surface area (Å²) in [4.78, 5) is 12.1. The number of amides is 1. The number of nitrogens with one attached hydrogen (secondary N) is 2. The molecule has 0 atom stereocenters. The molecule has 2 heterocycles. The van der Waals surface area contributed by atoms with Crippen LogP contribution in [0.25, 0.3) is 0 Å². The van der Waals surface area contributed by atoms with Crippen molar-refractivity contribution in [3.8, 4) is 0 Å². The van der Waals surface area contributed by atoms with Crippen LogP contribution in [0.1, 0.15) is 23.3 Å². The van der Waals surface area contributed by atoms with Crippen LogP contribution in [0.2, 0.25) is 0 Å². The molecule has 2 aromatic rings. The number of carbonyl (C=O) groups is 1. The van der Waals surface area contributed by atoms with Crippen molar-refractivity contribution in [2.75, 3.05) is 5.32 Å². The zero-order chi connectivity index (χ0) is 13.0. The predicted octanol–water partition coefficient (Wildman–Crippen LogP) is 2.90. The quantitative estimate of drug-likeness (QED) is 0.873. The van der Waals surface area contributed by atoms with Gasteiger partial charge in [-0.1, -0.05) is 0 Å². The van der Waals surface area contributed by atoms with Crippen molar-refractivity contribution in [3.05, 3.63) is 40.0 Å². The van der Waals surface area contributed by atoms with Crippen LogP contribution in [0.15, 0.2) is 28.0 Å². The molecule has 0 spiro atoms. The van der Waals surface area contributed by atoms with Crippen molar-refractivity contribution in [3.63, 3.8) is 0 Å². The summed E-state index contributed by atoms with van der Waals surface area (Å²) in [5.41, 5.74) is 0.885. The third-order valence-corrected chi connectivity index (χ3v) is 3.36. The summed E-state index contributed by atoms with van der Waals surface area (Å²) in [5.74, 6) is 1.79.